The van der Waals surface area contributed by atoms with Crippen LogP contribution in [-0.2, 0) is 9.59 Å². The first-order valence-electron chi connectivity index (χ1n) is 7.38. The highest BCUT2D eigenvalue weighted by Crippen LogP contribution is 2.27. The van der Waals surface area contributed by atoms with Crippen LogP contribution in [0.15, 0.2) is 12.2 Å². The van der Waals surface area contributed by atoms with Crippen LogP contribution in [0, 0.1) is 11.8 Å². The lowest BCUT2D eigenvalue weighted by molar-refractivity contribution is -0.123. The molecule has 3 heteroatoms. The Balaban J connectivity index is 0.000000399. The van der Waals surface area contributed by atoms with E-state index >= 15 is 0 Å². The Hall–Kier alpha value is -1.12. The third-order valence-electron chi connectivity index (χ3n) is 3.63. The number of hydrogen-bond donors (Lipinski definition) is 1. The second-order valence-electron chi connectivity index (χ2n) is 5.65. The number of nitrogens with two attached hydrogens (primary N) is 1. The van der Waals surface area contributed by atoms with Crippen LogP contribution in [0.2, 0.25) is 0 Å². The number of primary amides is 1. The van der Waals surface area contributed by atoms with Gasteiger partial charge in [0.25, 0.3) is 0 Å². The van der Waals surface area contributed by atoms with Gasteiger partial charge in [0, 0.05) is 17.9 Å². The Kier molecular flexibility index (Phi) is 9.19. The van der Waals surface area contributed by atoms with Crippen molar-refractivity contribution in [2.45, 2.75) is 65.7 Å². The van der Waals surface area contributed by atoms with E-state index in [0.29, 0.717) is 23.7 Å². The van der Waals surface area contributed by atoms with E-state index in [4.69, 9.17) is 5.73 Å². The summed E-state index contributed by atoms with van der Waals surface area (Å²) >= 11 is 0. The van der Waals surface area contributed by atoms with E-state index in [9.17, 15) is 9.59 Å². The molecule has 1 fully saturated rings. The summed E-state index contributed by atoms with van der Waals surface area (Å²) in [6.07, 6.45) is 8.14. The highest BCUT2D eigenvalue weighted by atomic mass is 16.1. The van der Waals surface area contributed by atoms with Crippen molar-refractivity contribution in [1.29, 1.82) is 0 Å². The number of ketones is 1. The minimum Gasteiger partial charge on any atom is -0.366 e. The Labute approximate surface area is 117 Å². The molecular formula is C16H29NO2. The summed E-state index contributed by atoms with van der Waals surface area (Å²) < 4.78 is 0. The smallest absolute Gasteiger partial charge is 0.244 e. The summed E-state index contributed by atoms with van der Waals surface area (Å²) in [5.74, 6) is 1.02. The minimum atomic E-state index is -0.400. The monoisotopic (exact) mass is 267 g/mol. The van der Waals surface area contributed by atoms with Crippen molar-refractivity contribution < 1.29 is 9.59 Å². The van der Waals surface area contributed by atoms with Crippen LogP contribution in [-0.4, -0.2) is 11.7 Å². The molecule has 0 spiro atoms. The zero-order valence-electron chi connectivity index (χ0n) is 12.7. The maximum Gasteiger partial charge on any atom is 0.244 e. The molecule has 0 atom stereocenters. The molecule has 3 nitrogen and oxygen atoms in total. The molecule has 0 aromatic heterocycles. The molecule has 0 radical (unpaired) electrons. The Morgan fingerprint density at radius 2 is 1.74 bits per heavy atom. The maximum absolute atomic E-state index is 11.4. The topological polar surface area (TPSA) is 60.2 Å². The van der Waals surface area contributed by atoms with Gasteiger partial charge in [-0.15, -0.1) is 0 Å². The molecule has 0 heterocycles. The number of carbonyl (C=O) groups excluding carboxylic acids is 2. The van der Waals surface area contributed by atoms with Crippen molar-refractivity contribution in [3.05, 3.63) is 12.2 Å². The highest BCUT2D eigenvalue weighted by molar-refractivity contribution is 5.91. The predicted octanol–water partition coefficient (Wildman–Crippen LogP) is 3.62. The number of amides is 1. The minimum absolute atomic E-state index is 0.243. The van der Waals surface area contributed by atoms with Gasteiger partial charge in [0.2, 0.25) is 5.91 Å². The molecule has 1 aliphatic rings. The van der Waals surface area contributed by atoms with E-state index in [1.807, 2.05) is 20.8 Å². The summed E-state index contributed by atoms with van der Waals surface area (Å²) in [7, 11) is 0. The molecule has 2 N–H and O–H groups in total. The lowest BCUT2D eigenvalue weighted by Gasteiger charge is -2.21. The van der Waals surface area contributed by atoms with Gasteiger partial charge in [0.1, 0.15) is 5.78 Å². The normalized spacial score (nSPS) is 15.6. The highest BCUT2D eigenvalue weighted by Gasteiger charge is 2.18. The van der Waals surface area contributed by atoms with Crippen LogP contribution in [0.3, 0.4) is 0 Å². The SMILES string of the molecule is C=C(CC)C(N)=O.CC(C)C(=O)CC1CCCCC1. The third-order valence-corrected chi connectivity index (χ3v) is 3.63. The van der Waals surface area contributed by atoms with Gasteiger partial charge in [-0.05, 0) is 12.3 Å². The van der Waals surface area contributed by atoms with Crippen LogP contribution in [0.25, 0.3) is 0 Å². The van der Waals surface area contributed by atoms with Gasteiger partial charge in [0.15, 0.2) is 0 Å². The molecule has 0 saturated heterocycles. The van der Waals surface area contributed by atoms with E-state index in [1.54, 1.807) is 0 Å². The van der Waals surface area contributed by atoms with Gasteiger partial charge in [0.05, 0.1) is 0 Å². The fraction of sp³-hybridized carbons (Fsp3) is 0.750. The van der Waals surface area contributed by atoms with Crippen LogP contribution in [0.5, 0.6) is 0 Å². The standard InChI is InChI=1S/C11H20O.C5H9NO/c1-9(2)11(12)8-10-6-4-3-5-7-10;1-3-4(2)5(6)7/h9-10H,3-8H2,1-2H3;2-3H2,1H3,(H2,6,7). The number of Topliss-reactive ketones (excluding diaryl/α,β-unsaturated/α-hetero) is 1. The van der Waals surface area contributed by atoms with Gasteiger partial charge in [-0.2, -0.15) is 0 Å². The molecule has 1 saturated carbocycles. The number of rotatable bonds is 5. The van der Waals surface area contributed by atoms with E-state index < -0.39 is 5.91 Å². The van der Waals surface area contributed by atoms with Crippen LogP contribution >= 0.6 is 0 Å². The molecule has 1 rings (SSSR count). The Morgan fingerprint density at radius 1 is 1.21 bits per heavy atom. The first-order valence-corrected chi connectivity index (χ1v) is 7.38. The van der Waals surface area contributed by atoms with Crippen molar-refractivity contribution in [2.75, 3.05) is 0 Å². The van der Waals surface area contributed by atoms with Crippen LogP contribution in [0.4, 0.5) is 0 Å². The molecule has 1 aliphatic carbocycles. The lowest BCUT2D eigenvalue weighted by atomic mass is 9.84. The average molecular weight is 267 g/mol. The molecule has 110 valence electrons. The van der Waals surface area contributed by atoms with Crippen molar-refractivity contribution in [3.63, 3.8) is 0 Å². The molecule has 1 amide bonds. The van der Waals surface area contributed by atoms with E-state index in [1.165, 1.54) is 32.1 Å². The van der Waals surface area contributed by atoms with Crippen LogP contribution < -0.4 is 5.73 Å². The summed E-state index contributed by atoms with van der Waals surface area (Å²) in [6.45, 7) is 9.25. The largest absolute Gasteiger partial charge is 0.366 e. The van der Waals surface area contributed by atoms with Crippen molar-refractivity contribution in [1.82, 2.24) is 0 Å². The van der Waals surface area contributed by atoms with Gasteiger partial charge >= 0.3 is 0 Å². The van der Waals surface area contributed by atoms with Gasteiger partial charge in [-0.25, -0.2) is 0 Å². The molecule has 0 aromatic rings. The summed E-state index contributed by atoms with van der Waals surface area (Å²) in [4.78, 5) is 21.5. The molecule has 0 aliphatic heterocycles. The first-order chi connectivity index (χ1) is 8.88. The third kappa shape index (κ3) is 8.57. The predicted molar refractivity (Wildman–Crippen MR) is 79.7 cm³/mol. The molecule has 19 heavy (non-hydrogen) atoms. The average Bonchev–Trinajstić information content (AvgIpc) is 2.39. The fourth-order valence-corrected chi connectivity index (χ4v) is 2.09. The van der Waals surface area contributed by atoms with Crippen LogP contribution in [0.1, 0.15) is 65.7 Å². The fourth-order valence-electron chi connectivity index (χ4n) is 2.09. The van der Waals surface area contributed by atoms with Gasteiger partial charge < -0.3 is 5.73 Å². The maximum atomic E-state index is 11.4. The first kappa shape index (κ1) is 17.9. The van der Waals surface area contributed by atoms with E-state index in [2.05, 4.69) is 6.58 Å². The molecular weight excluding hydrogens is 238 g/mol. The summed E-state index contributed by atoms with van der Waals surface area (Å²) in [5, 5.41) is 0. The van der Waals surface area contributed by atoms with E-state index in [0.717, 1.165) is 6.42 Å². The van der Waals surface area contributed by atoms with Crippen molar-refractivity contribution >= 4 is 11.7 Å². The summed E-state index contributed by atoms with van der Waals surface area (Å²) in [5.41, 5.74) is 5.29. The second-order valence-corrected chi connectivity index (χ2v) is 5.65. The zero-order valence-corrected chi connectivity index (χ0v) is 12.7. The number of carbonyl (C=O) groups is 2. The summed E-state index contributed by atoms with van der Waals surface area (Å²) in [6, 6.07) is 0. The molecule has 0 aromatic carbocycles. The Bertz CT molecular complexity index is 302. The zero-order chi connectivity index (χ0) is 14.8. The second kappa shape index (κ2) is 9.76. The van der Waals surface area contributed by atoms with E-state index in [-0.39, 0.29) is 5.92 Å². The molecule has 0 bridgehead atoms. The van der Waals surface area contributed by atoms with Crippen molar-refractivity contribution in [3.8, 4) is 0 Å². The lowest BCUT2D eigenvalue weighted by Crippen LogP contribution is -2.15. The number of hydrogen-bond acceptors (Lipinski definition) is 2. The van der Waals surface area contributed by atoms with Crippen molar-refractivity contribution in [2.24, 2.45) is 17.6 Å². The Morgan fingerprint density at radius 3 is 2.05 bits per heavy atom. The quantitative estimate of drug-likeness (QED) is 0.773. The molecule has 0 unspecified atom stereocenters. The van der Waals surface area contributed by atoms with Gasteiger partial charge in [-0.1, -0.05) is 59.5 Å². The van der Waals surface area contributed by atoms with Gasteiger partial charge in [-0.3, -0.25) is 9.59 Å².